The van der Waals surface area contributed by atoms with Crippen LogP contribution in [0, 0.1) is 11.8 Å². The van der Waals surface area contributed by atoms with Gasteiger partial charge in [0.25, 0.3) is 0 Å². The first-order chi connectivity index (χ1) is 10.1. The minimum atomic E-state index is -0.828. The van der Waals surface area contributed by atoms with Gasteiger partial charge >= 0.3 is 5.97 Å². The number of aryl methyl sites for hydroxylation is 1. The van der Waals surface area contributed by atoms with Crippen molar-refractivity contribution in [1.82, 2.24) is 5.32 Å². The minimum absolute atomic E-state index is 0.00754. The average molecular weight is 289 g/mol. The number of carboxylic acids is 1. The van der Waals surface area contributed by atoms with Crippen LogP contribution in [0.2, 0.25) is 0 Å². The van der Waals surface area contributed by atoms with Crippen LogP contribution in [-0.2, 0) is 22.4 Å². The molecule has 4 nitrogen and oxygen atoms in total. The van der Waals surface area contributed by atoms with Crippen molar-refractivity contribution in [1.29, 1.82) is 0 Å². The normalized spacial score (nSPS) is 18.6. The Balaban J connectivity index is 1.89. The highest BCUT2D eigenvalue weighted by atomic mass is 16.4. The van der Waals surface area contributed by atoms with Gasteiger partial charge in [-0.1, -0.05) is 37.6 Å². The molecule has 1 aromatic rings. The predicted octanol–water partition coefficient (Wildman–Crippen LogP) is 2.41. The SMILES string of the molecule is CCCC(CNC(=O)C1CCc2ccccc2C1)C(=O)O. The zero-order valence-corrected chi connectivity index (χ0v) is 12.5. The Hall–Kier alpha value is -1.84. The molecule has 0 aliphatic heterocycles. The molecule has 0 heterocycles. The maximum atomic E-state index is 12.2. The molecule has 2 atom stereocenters. The molecule has 0 bridgehead atoms. The summed E-state index contributed by atoms with van der Waals surface area (Å²) < 4.78 is 0. The van der Waals surface area contributed by atoms with Crippen LogP contribution in [0.4, 0.5) is 0 Å². The average Bonchev–Trinajstić information content (AvgIpc) is 2.50. The number of benzene rings is 1. The van der Waals surface area contributed by atoms with Gasteiger partial charge in [0.15, 0.2) is 0 Å². The van der Waals surface area contributed by atoms with E-state index in [0.717, 1.165) is 25.7 Å². The van der Waals surface area contributed by atoms with Crippen LogP contribution >= 0.6 is 0 Å². The molecular formula is C17H23NO3. The van der Waals surface area contributed by atoms with Gasteiger partial charge in [-0.25, -0.2) is 0 Å². The number of amides is 1. The first-order valence-corrected chi connectivity index (χ1v) is 7.69. The lowest BCUT2D eigenvalue weighted by Crippen LogP contribution is -2.38. The number of hydrogen-bond donors (Lipinski definition) is 2. The highest BCUT2D eigenvalue weighted by Crippen LogP contribution is 2.25. The Morgan fingerprint density at radius 1 is 1.33 bits per heavy atom. The molecule has 0 saturated heterocycles. The Morgan fingerprint density at radius 3 is 2.71 bits per heavy atom. The first kappa shape index (κ1) is 15.5. The van der Waals surface area contributed by atoms with E-state index >= 15 is 0 Å². The van der Waals surface area contributed by atoms with Gasteiger partial charge in [0, 0.05) is 12.5 Å². The Kier molecular flexibility index (Phi) is 5.37. The van der Waals surface area contributed by atoms with Crippen molar-refractivity contribution >= 4 is 11.9 Å². The van der Waals surface area contributed by atoms with Gasteiger partial charge in [0.1, 0.15) is 0 Å². The summed E-state index contributed by atoms with van der Waals surface area (Å²) in [5, 5.41) is 11.9. The number of aliphatic carboxylic acids is 1. The second-order valence-corrected chi connectivity index (χ2v) is 5.78. The molecule has 2 N–H and O–H groups in total. The quantitative estimate of drug-likeness (QED) is 0.845. The predicted molar refractivity (Wildman–Crippen MR) is 81.0 cm³/mol. The summed E-state index contributed by atoms with van der Waals surface area (Å²) in [5.74, 6) is -1.34. The largest absolute Gasteiger partial charge is 0.481 e. The molecule has 1 aliphatic rings. The Labute approximate surface area is 125 Å². The van der Waals surface area contributed by atoms with E-state index in [0.29, 0.717) is 6.42 Å². The van der Waals surface area contributed by atoms with Crippen LogP contribution in [0.25, 0.3) is 0 Å². The molecular weight excluding hydrogens is 266 g/mol. The summed E-state index contributed by atoms with van der Waals surface area (Å²) in [6.07, 6.45) is 3.93. The van der Waals surface area contributed by atoms with Gasteiger partial charge in [-0.05, 0) is 36.8 Å². The number of carboxylic acid groups (broad SMARTS) is 1. The molecule has 0 spiro atoms. The van der Waals surface area contributed by atoms with Crippen molar-refractivity contribution in [3.8, 4) is 0 Å². The zero-order valence-electron chi connectivity index (χ0n) is 12.5. The second-order valence-electron chi connectivity index (χ2n) is 5.78. The zero-order chi connectivity index (χ0) is 15.2. The van der Waals surface area contributed by atoms with Crippen molar-refractivity contribution in [3.05, 3.63) is 35.4 Å². The van der Waals surface area contributed by atoms with Crippen molar-refractivity contribution in [3.63, 3.8) is 0 Å². The molecule has 21 heavy (non-hydrogen) atoms. The number of fused-ring (bicyclic) bond motifs is 1. The Bertz CT molecular complexity index is 513. The fourth-order valence-corrected chi connectivity index (χ4v) is 2.95. The lowest BCUT2D eigenvalue weighted by atomic mass is 9.83. The van der Waals surface area contributed by atoms with E-state index in [2.05, 4.69) is 17.4 Å². The van der Waals surface area contributed by atoms with E-state index in [1.165, 1.54) is 11.1 Å². The van der Waals surface area contributed by atoms with Gasteiger partial charge in [-0.3, -0.25) is 9.59 Å². The highest BCUT2D eigenvalue weighted by molar-refractivity contribution is 5.80. The molecule has 1 aliphatic carbocycles. The van der Waals surface area contributed by atoms with Crippen molar-refractivity contribution < 1.29 is 14.7 Å². The van der Waals surface area contributed by atoms with E-state index in [4.69, 9.17) is 5.11 Å². The third kappa shape index (κ3) is 4.06. The fourth-order valence-electron chi connectivity index (χ4n) is 2.95. The minimum Gasteiger partial charge on any atom is -0.481 e. The van der Waals surface area contributed by atoms with Crippen LogP contribution in [0.3, 0.4) is 0 Å². The second kappa shape index (κ2) is 7.25. The number of hydrogen-bond acceptors (Lipinski definition) is 2. The fraction of sp³-hybridized carbons (Fsp3) is 0.529. The van der Waals surface area contributed by atoms with Gasteiger partial charge < -0.3 is 10.4 Å². The monoisotopic (exact) mass is 289 g/mol. The molecule has 0 fully saturated rings. The maximum absolute atomic E-state index is 12.2. The molecule has 0 radical (unpaired) electrons. The van der Waals surface area contributed by atoms with Crippen molar-refractivity contribution in [2.75, 3.05) is 6.54 Å². The summed E-state index contributed by atoms with van der Waals surface area (Å²) in [6, 6.07) is 8.22. The molecule has 0 saturated carbocycles. The summed E-state index contributed by atoms with van der Waals surface area (Å²) in [7, 11) is 0. The van der Waals surface area contributed by atoms with Crippen LogP contribution in [0.15, 0.2) is 24.3 Å². The molecule has 0 aromatic heterocycles. The summed E-state index contributed by atoms with van der Waals surface area (Å²) in [5.41, 5.74) is 2.57. The van der Waals surface area contributed by atoms with Crippen LogP contribution in [-0.4, -0.2) is 23.5 Å². The number of carbonyl (C=O) groups is 2. The smallest absolute Gasteiger partial charge is 0.308 e. The Morgan fingerprint density at radius 2 is 2.05 bits per heavy atom. The van der Waals surface area contributed by atoms with E-state index in [9.17, 15) is 9.59 Å². The third-order valence-corrected chi connectivity index (χ3v) is 4.23. The standard InChI is InChI=1S/C17H23NO3/c1-2-5-15(17(20)21)11-18-16(19)14-9-8-12-6-3-4-7-13(12)10-14/h3-4,6-7,14-15H,2,5,8-11H2,1H3,(H,18,19)(H,20,21). The van der Waals surface area contributed by atoms with E-state index in [-0.39, 0.29) is 18.4 Å². The maximum Gasteiger partial charge on any atom is 0.308 e. The number of rotatable bonds is 6. The van der Waals surface area contributed by atoms with E-state index in [1.807, 2.05) is 19.1 Å². The molecule has 2 unspecified atom stereocenters. The van der Waals surface area contributed by atoms with Crippen LogP contribution in [0.5, 0.6) is 0 Å². The van der Waals surface area contributed by atoms with E-state index < -0.39 is 11.9 Å². The number of nitrogens with one attached hydrogen (secondary N) is 1. The van der Waals surface area contributed by atoms with Gasteiger partial charge in [0.2, 0.25) is 5.91 Å². The molecule has 2 rings (SSSR count). The topological polar surface area (TPSA) is 66.4 Å². The lowest BCUT2D eigenvalue weighted by Gasteiger charge is -2.24. The summed E-state index contributed by atoms with van der Waals surface area (Å²) in [4.78, 5) is 23.3. The first-order valence-electron chi connectivity index (χ1n) is 7.69. The van der Waals surface area contributed by atoms with Crippen molar-refractivity contribution in [2.24, 2.45) is 11.8 Å². The van der Waals surface area contributed by atoms with Crippen LogP contribution < -0.4 is 5.32 Å². The summed E-state index contributed by atoms with van der Waals surface area (Å²) >= 11 is 0. The molecule has 114 valence electrons. The van der Waals surface area contributed by atoms with Crippen LogP contribution in [0.1, 0.15) is 37.3 Å². The molecule has 4 heteroatoms. The molecule has 1 amide bonds. The third-order valence-electron chi connectivity index (χ3n) is 4.23. The van der Waals surface area contributed by atoms with Gasteiger partial charge in [-0.15, -0.1) is 0 Å². The van der Waals surface area contributed by atoms with E-state index in [1.54, 1.807) is 0 Å². The lowest BCUT2D eigenvalue weighted by molar-refractivity contribution is -0.142. The number of carbonyl (C=O) groups excluding carboxylic acids is 1. The molecule has 1 aromatic carbocycles. The summed E-state index contributed by atoms with van der Waals surface area (Å²) in [6.45, 7) is 2.19. The van der Waals surface area contributed by atoms with Gasteiger partial charge in [0.05, 0.1) is 5.92 Å². The van der Waals surface area contributed by atoms with Crippen molar-refractivity contribution in [2.45, 2.75) is 39.0 Å². The van der Waals surface area contributed by atoms with Gasteiger partial charge in [-0.2, -0.15) is 0 Å². The highest BCUT2D eigenvalue weighted by Gasteiger charge is 2.25.